The van der Waals surface area contributed by atoms with Crippen molar-refractivity contribution >= 4 is 59.1 Å². The molecule has 0 saturated carbocycles. The lowest BCUT2D eigenvalue weighted by atomic mass is 9.92. The Bertz CT molecular complexity index is 2470. The number of allylic oxidation sites excluding steroid dienone is 2. The summed E-state index contributed by atoms with van der Waals surface area (Å²) in [7, 11) is 12.7. The average Bonchev–Trinajstić information content (AvgIpc) is 2.22. The molecule has 2 bridgehead atoms. The molecular formula is C66H119N13O11. The fraction of sp³-hybridized carbons (Fsp3) is 0.818. The van der Waals surface area contributed by atoms with Gasteiger partial charge in [0.2, 0.25) is 59.1 Å². The van der Waals surface area contributed by atoms with E-state index in [1.165, 1.54) is 71.7 Å². The fourth-order valence-electron chi connectivity index (χ4n) is 12.7. The first kappa shape index (κ1) is 78.5. The van der Waals surface area contributed by atoms with E-state index in [-0.39, 0.29) is 55.4 Å². The van der Waals surface area contributed by atoms with Crippen molar-refractivity contribution in [3.63, 3.8) is 0 Å². The summed E-state index contributed by atoms with van der Waals surface area (Å²) in [6.45, 7) is 32.9. The lowest BCUT2D eigenvalue weighted by Crippen LogP contribution is -2.63. The molecule has 0 aromatic heterocycles. The van der Waals surface area contributed by atoms with E-state index in [9.17, 15) is 24.0 Å². The van der Waals surface area contributed by atoms with Crippen LogP contribution in [0.3, 0.4) is 0 Å². The van der Waals surface area contributed by atoms with Crippen LogP contribution in [0.25, 0.3) is 0 Å². The van der Waals surface area contributed by atoms with Crippen LogP contribution in [0.4, 0.5) is 0 Å². The molecule has 3 saturated heterocycles. The summed E-state index contributed by atoms with van der Waals surface area (Å²) in [6, 6.07) is -11.7. The van der Waals surface area contributed by atoms with Crippen LogP contribution in [-0.4, -0.2) is 277 Å². The van der Waals surface area contributed by atoms with Gasteiger partial charge in [-0.2, -0.15) is 0 Å². The number of carbonyl (C=O) groups excluding carboxylic acids is 10. The highest BCUT2D eigenvalue weighted by Gasteiger charge is 2.50. The Morgan fingerprint density at radius 3 is 1.54 bits per heavy atom. The SMILES string of the molecule is CC=CCC(C)C1OC(C)C2C(=O)N(C)C1C(=O)NC(CC)C(=O)N(C)C(C)C(=O)N(C)C(C(C)CN1CCN(C)CC1)C(=O)NC(C(C)C)C(=O)N(C)C(CC(C)C)CNC(C)C(=O)NC(C)C(=O)N(C)C(CC(C)C)C(=O)N(C)C(CC(C)C)C(=O)N2C. The highest BCUT2D eigenvalue weighted by molar-refractivity contribution is 5.99. The summed E-state index contributed by atoms with van der Waals surface area (Å²) in [5.74, 6) is -6.92. The van der Waals surface area contributed by atoms with Gasteiger partial charge in [-0.1, -0.05) is 88.3 Å². The molecular weight excluding hydrogens is 1150 g/mol. The number of nitrogens with one attached hydrogen (secondary N) is 4. The van der Waals surface area contributed by atoms with Gasteiger partial charge >= 0.3 is 0 Å². The number of amides is 10. The van der Waals surface area contributed by atoms with Crippen molar-refractivity contribution in [1.82, 2.24) is 65.4 Å². The van der Waals surface area contributed by atoms with Crippen molar-refractivity contribution in [1.29, 1.82) is 0 Å². The Morgan fingerprint density at radius 1 is 0.511 bits per heavy atom. The van der Waals surface area contributed by atoms with Crippen LogP contribution in [0.15, 0.2) is 12.2 Å². The first-order chi connectivity index (χ1) is 41.9. The lowest BCUT2D eigenvalue weighted by Gasteiger charge is -2.40. The monoisotopic (exact) mass is 1270 g/mol. The molecule has 4 N–H and O–H groups in total. The number of fused-ring (bicyclic) bond motifs is 3. The van der Waals surface area contributed by atoms with Crippen molar-refractivity contribution in [2.75, 3.05) is 95.6 Å². The molecule has 0 radical (unpaired) electrons. The van der Waals surface area contributed by atoms with Crippen LogP contribution in [0, 0.1) is 35.5 Å². The molecule has 24 heteroatoms. The maximum absolute atomic E-state index is 15.2. The molecule has 3 aliphatic rings. The maximum atomic E-state index is 15.2. The minimum Gasteiger partial charge on any atom is -0.370 e. The van der Waals surface area contributed by atoms with Gasteiger partial charge in [-0.25, -0.2) is 0 Å². The molecule has 514 valence electrons. The normalized spacial score (nSPS) is 30.6. The number of nitrogens with zero attached hydrogens (tertiary/aromatic N) is 9. The van der Waals surface area contributed by atoms with E-state index >= 15 is 24.0 Å². The smallest absolute Gasteiger partial charge is 0.248 e. The van der Waals surface area contributed by atoms with Crippen molar-refractivity contribution in [3.05, 3.63) is 12.2 Å². The van der Waals surface area contributed by atoms with Crippen molar-refractivity contribution in [2.45, 2.75) is 222 Å². The Kier molecular flexibility index (Phi) is 30.8. The van der Waals surface area contributed by atoms with Crippen LogP contribution >= 0.6 is 0 Å². The third kappa shape index (κ3) is 20.4. The second-order valence-electron chi connectivity index (χ2n) is 28.0. The Hall–Kier alpha value is -5.72. The van der Waals surface area contributed by atoms with E-state index in [0.717, 1.165) is 26.2 Å². The zero-order valence-electron chi connectivity index (χ0n) is 59.4. The van der Waals surface area contributed by atoms with Crippen LogP contribution in [0.2, 0.25) is 0 Å². The topological polar surface area (TPSA) is 257 Å². The van der Waals surface area contributed by atoms with E-state index in [1.54, 1.807) is 46.6 Å². The molecule has 15 unspecified atom stereocenters. The van der Waals surface area contributed by atoms with E-state index in [0.29, 0.717) is 19.4 Å². The summed E-state index contributed by atoms with van der Waals surface area (Å²) < 4.78 is 6.81. The van der Waals surface area contributed by atoms with Crippen LogP contribution in [-0.2, 0) is 52.7 Å². The van der Waals surface area contributed by atoms with Crippen LogP contribution < -0.4 is 21.3 Å². The zero-order valence-corrected chi connectivity index (χ0v) is 59.4. The zero-order chi connectivity index (χ0) is 68.7. The number of likely N-dealkylation sites (N-methyl/N-ethyl adjacent to an activating group) is 8. The van der Waals surface area contributed by atoms with Gasteiger partial charge in [-0.3, -0.25) is 47.9 Å². The number of rotatable bonds is 14. The number of carbonyl (C=O) groups is 10. The maximum Gasteiger partial charge on any atom is 0.248 e. The quantitative estimate of drug-likeness (QED) is 0.183. The van der Waals surface area contributed by atoms with E-state index in [4.69, 9.17) is 4.74 Å². The minimum absolute atomic E-state index is 0.0880. The predicted molar refractivity (Wildman–Crippen MR) is 350 cm³/mol. The first-order valence-corrected chi connectivity index (χ1v) is 33.0. The van der Waals surface area contributed by atoms with E-state index in [2.05, 4.69) is 31.1 Å². The van der Waals surface area contributed by atoms with E-state index < -0.39 is 144 Å². The average molecular weight is 1270 g/mol. The molecule has 3 fully saturated rings. The Balaban J connectivity index is 2.31. The third-order valence-electron chi connectivity index (χ3n) is 18.7. The van der Waals surface area contributed by atoms with Crippen LogP contribution in [0.1, 0.15) is 143 Å². The molecule has 0 aliphatic carbocycles. The van der Waals surface area contributed by atoms with Gasteiger partial charge in [-0.15, -0.1) is 0 Å². The van der Waals surface area contributed by atoms with Crippen molar-refractivity contribution < 1.29 is 52.7 Å². The molecule has 0 aromatic carbocycles. The second-order valence-corrected chi connectivity index (χ2v) is 28.0. The van der Waals surface area contributed by atoms with Gasteiger partial charge in [0, 0.05) is 94.6 Å². The van der Waals surface area contributed by atoms with Gasteiger partial charge in [0.05, 0.1) is 18.2 Å². The predicted octanol–water partition coefficient (Wildman–Crippen LogP) is 2.74. The van der Waals surface area contributed by atoms with Gasteiger partial charge < -0.3 is 70.1 Å². The van der Waals surface area contributed by atoms with E-state index in [1.807, 2.05) is 95.4 Å². The molecule has 24 nitrogen and oxygen atoms in total. The van der Waals surface area contributed by atoms with Gasteiger partial charge in [0.15, 0.2) is 0 Å². The molecule has 0 spiro atoms. The summed E-state index contributed by atoms with van der Waals surface area (Å²) >= 11 is 0. The highest BCUT2D eigenvalue weighted by atomic mass is 16.5. The lowest BCUT2D eigenvalue weighted by molar-refractivity contribution is -0.155. The number of hydrogen-bond acceptors (Lipinski definition) is 14. The Labute approximate surface area is 540 Å². The first-order valence-electron chi connectivity index (χ1n) is 33.0. The van der Waals surface area contributed by atoms with Crippen molar-refractivity contribution in [3.8, 4) is 0 Å². The number of ether oxygens (including phenoxy) is 1. The van der Waals surface area contributed by atoms with Crippen molar-refractivity contribution in [2.24, 2.45) is 35.5 Å². The molecule has 0 aromatic rings. The number of piperazine rings is 1. The number of hydrogen-bond donors (Lipinski definition) is 4. The summed E-state index contributed by atoms with van der Waals surface area (Å²) in [5, 5.41) is 12.1. The van der Waals surface area contributed by atoms with Gasteiger partial charge in [0.25, 0.3) is 0 Å². The summed E-state index contributed by atoms with van der Waals surface area (Å²) in [6.07, 6.45) is 3.30. The molecule has 15 atom stereocenters. The largest absolute Gasteiger partial charge is 0.370 e. The third-order valence-corrected chi connectivity index (χ3v) is 18.7. The molecule has 3 rings (SSSR count). The Morgan fingerprint density at radius 2 is 1.03 bits per heavy atom. The van der Waals surface area contributed by atoms with Gasteiger partial charge in [0.1, 0.15) is 54.4 Å². The fourth-order valence-corrected chi connectivity index (χ4v) is 12.7. The minimum atomic E-state index is -1.32. The second kappa shape index (κ2) is 35.4. The molecule has 90 heavy (non-hydrogen) atoms. The molecule has 3 heterocycles. The molecule has 3 aliphatic heterocycles. The standard InChI is InChI=1S/C66H119N13O11/c1-25-27-28-42(11)56-55-59(82)69-49(26-2)62(85)72(18)46(15)61(84)76(22)53(43(12)37-79-31-29-71(17)30-32-79)58(81)70-52(41(9)10)65(88)73(19)48(33-38(3)4)36-67-44(13)57(80)68-45(14)60(83)74(20)50(34-39(5)6)63(86)75(21)51(35-40(7)8)64(87)77(23)54(47(16)90-56)66(89)78(55)24/h25,27,38-56,67H,26,28-37H2,1-24H3,(H,68,80)(H,69,82)(H,70,81). The highest BCUT2D eigenvalue weighted by Crippen LogP contribution is 2.30. The van der Waals surface area contributed by atoms with Crippen LogP contribution in [0.5, 0.6) is 0 Å². The summed E-state index contributed by atoms with van der Waals surface area (Å²) in [5.41, 5.74) is 0. The molecule has 10 amide bonds. The van der Waals surface area contributed by atoms with Gasteiger partial charge in [-0.05, 0) is 109 Å². The summed E-state index contributed by atoms with van der Waals surface area (Å²) in [4.78, 5) is 163.